The van der Waals surface area contributed by atoms with Gasteiger partial charge in [-0.05, 0) is 31.9 Å². The molecule has 1 aromatic heterocycles. The zero-order valence-corrected chi connectivity index (χ0v) is 11.0. The second-order valence-corrected chi connectivity index (χ2v) is 5.06. The highest BCUT2D eigenvalue weighted by atomic mass is 35.5. The largest absolute Gasteiger partial charge is 0.390 e. The summed E-state index contributed by atoms with van der Waals surface area (Å²) < 4.78 is 0. The predicted octanol–water partition coefficient (Wildman–Crippen LogP) is 3.00. The second kappa shape index (κ2) is 5.69. The zero-order chi connectivity index (χ0) is 12.3. The van der Waals surface area contributed by atoms with Gasteiger partial charge in [0.05, 0.1) is 17.3 Å². The van der Waals surface area contributed by atoms with Crippen LogP contribution in [0.5, 0.6) is 0 Å². The number of pyridine rings is 1. The van der Waals surface area contributed by atoms with Gasteiger partial charge in [-0.2, -0.15) is 0 Å². The van der Waals surface area contributed by atoms with Crippen LogP contribution in [0.2, 0.25) is 5.02 Å². The van der Waals surface area contributed by atoms with Gasteiger partial charge < -0.3 is 10.0 Å². The molecule has 0 amide bonds. The third-order valence-electron chi connectivity index (χ3n) is 3.40. The summed E-state index contributed by atoms with van der Waals surface area (Å²) in [5.41, 5.74) is 0.570. The Labute approximate surface area is 107 Å². The Morgan fingerprint density at radius 3 is 3.00 bits per heavy atom. The van der Waals surface area contributed by atoms with Gasteiger partial charge in [0.1, 0.15) is 5.82 Å². The normalized spacial score (nSPS) is 21.4. The molecular weight excluding hydrogens is 236 g/mol. The number of rotatable bonds is 2. The summed E-state index contributed by atoms with van der Waals surface area (Å²) in [4.78, 5) is 6.77. The summed E-state index contributed by atoms with van der Waals surface area (Å²) in [6.07, 6.45) is 5.00. The lowest BCUT2D eigenvalue weighted by Gasteiger charge is -2.28. The van der Waals surface area contributed by atoms with Crippen molar-refractivity contribution in [3.05, 3.63) is 22.8 Å². The minimum absolute atomic E-state index is 0.102. The van der Waals surface area contributed by atoms with E-state index in [2.05, 4.69) is 16.8 Å². The lowest BCUT2D eigenvalue weighted by atomic mass is 10.1. The van der Waals surface area contributed by atoms with Crippen LogP contribution in [0.1, 0.15) is 38.3 Å². The van der Waals surface area contributed by atoms with Crippen LogP contribution in [0.25, 0.3) is 0 Å². The Morgan fingerprint density at radius 2 is 2.24 bits per heavy atom. The van der Waals surface area contributed by atoms with Crippen molar-refractivity contribution in [3.63, 3.8) is 0 Å². The maximum Gasteiger partial charge on any atom is 0.129 e. The molecule has 1 saturated heterocycles. The Morgan fingerprint density at radius 1 is 1.41 bits per heavy atom. The molecule has 17 heavy (non-hydrogen) atoms. The third-order valence-corrected chi connectivity index (χ3v) is 3.75. The van der Waals surface area contributed by atoms with E-state index in [4.69, 9.17) is 11.6 Å². The van der Waals surface area contributed by atoms with Crippen molar-refractivity contribution in [2.75, 3.05) is 11.4 Å². The number of hydrogen-bond donors (Lipinski definition) is 1. The van der Waals surface area contributed by atoms with Gasteiger partial charge in [0, 0.05) is 12.6 Å². The minimum Gasteiger partial charge on any atom is -0.390 e. The average molecular weight is 255 g/mol. The van der Waals surface area contributed by atoms with Gasteiger partial charge >= 0.3 is 0 Å². The molecule has 0 aromatic carbocycles. The van der Waals surface area contributed by atoms with Crippen molar-refractivity contribution in [2.45, 2.75) is 45.3 Å². The molecular formula is C13H19ClN2O. The molecule has 2 rings (SSSR count). The van der Waals surface area contributed by atoms with E-state index in [1.54, 1.807) is 0 Å². The zero-order valence-electron chi connectivity index (χ0n) is 10.2. The van der Waals surface area contributed by atoms with Gasteiger partial charge in [0.25, 0.3) is 0 Å². The van der Waals surface area contributed by atoms with Crippen molar-refractivity contribution in [1.82, 2.24) is 4.98 Å². The van der Waals surface area contributed by atoms with E-state index in [-0.39, 0.29) is 6.61 Å². The molecule has 0 aliphatic carbocycles. The average Bonchev–Trinajstić information content (AvgIpc) is 2.55. The highest BCUT2D eigenvalue weighted by Crippen LogP contribution is 2.25. The molecule has 1 aliphatic rings. The molecule has 94 valence electrons. The molecule has 4 heteroatoms. The number of aliphatic hydroxyl groups excluding tert-OH is 1. The smallest absolute Gasteiger partial charge is 0.129 e. The van der Waals surface area contributed by atoms with E-state index in [1.807, 2.05) is 12.1 Å². The number of aliphatic hydroxyl groups is 1. The standard InChI is InChI=1S/C13H19ClN2O/c1-10-5-3-2-4-8-16(10)13-7-6-11(14)12(9-17)15-13/h6-7,10,17H,2-5,8-9H2,1H3. The quantitative estimate of drug-likeness (QED) is 0.882. The molecule has 1 aromatic rings. The van der Waals surface area contributed by atoms with Crippen molar-refractivity contribution >= 4 is 17.4 Å². The first-order valence-electron chi connectivity index (χ1n) is 6.25. The molecule has 1 atom stereocenters. The number of hydrogen-bond acceptors (Lipinski definition) is 3. The van der Waals surface area contributed by atoms with Crippen LogP contribution in [0.15, 0.2) is 12.1 Å². The van der Waals surface area contributed by atoms with E-state index < -0.39 is 0 Å². The Bertz CT molecular complexity index is 384. The number of anilines is 1. The summed E-state index contributed by atoms with van der Waals surface area (Å²) in [6, 6.07) is 4.29. The van der Waals surface area contributed by atoms with Crippen LogP contribution < -0.4 is 4.90 Å². The lowest BCUT2D eigenvalue weighted by molar-refractivity contribution is 0.277. The van der Waals surface area contributed by atoms with Gasteiger partial charge in [-0.25, -0.2) is 4.98 Å². The monoisotopic (exact) mass is 254 g/mol. The Balaban J connectivity index is 2.25. The first-order chi connectivity index (χ1) is 8.22. The van der Waals surface area contributed by atoms with Gasteiger partial charge in [0.2, 0.25) is 0 Å². The Hall–Kier alpha value is -0.800. The number of nitrogens with zero attached hydrogens (tertiary/aromatic N) is 2. The molecule has 1 fully saturated rings. The number of aromatic nitrogens is 1. The molecule has 0 bridgehead atoms. The summed E-state index contributed by atoms with van der Waals surface area (Å²) in [5.74, 6) is 0.938. The van der Waals surface area contributed by atoms with Gasteiger partial charge in [-0.3, -0.25) is 0 Å². The van der Waals surface area contributed by atoms with E-state index in [9.17, 15) is 5.11 Å². The maximum atomic E-state index is 9.20. The van der Waals surface area contributed by atoms with Crippen LogP contribution >= 0.6 is 11.6 Å². The van der Waals surface area contributed by atoms with E-state index >= 15 is 0 Å². The predicted molar refractivity (Wildman–Crippen MR) is 70.4 cm³/mol. The molecule has 1 aliphatic heterocycles. The molecule has 0 spiro atoms. The van der Waals surface area contributed by atoms with Crippen LogP contribution in [-0.2, 0) is 6.61 Å². The van der Waals surface area contributed by atoms with Gasteiger partial charge in [0.15, 0.2) is 0 Å². The maximum absolute atomic E-state index is 9.20. The summed E-state index contributed by atoms with van der Waals surface area (Å²) in [6.45, 7) is 3.18. The van der Waals surface area contributed by atoms with Crippen molar-refractivity contribution in [3.8, 4) is 0 Å². The summed E-state index contributed by atoms with van der Waals surface area (Å²) in [5, 5.41) is 9.74. The molecule has 0 radical (unpaired) electrons. The van der Waals surface area contributed by atoms with Gasteiger partial charge in [-0.1, -0.05) is 24.4 Å². The van der Waals surface area contributed by atoms with E-state index in [0.717, 1.165) is 12.4 Å². The van der Waals surface area contributed by atoms with Gasteiger partial charge in [-0.15, -0.1) is 0 Å². The fourth-order valence-corrected chi connectivity index (χ4v) is 2.52. The van der Waals surface area contributed by atoms with Crippen LogP contribution in [0.3, 0.4) is 0 Å². The molecule has 0 saturated carbocycles. The highest BCUT2D eigenvalue weighted by molar-refractivity contribution is 6.31. The third kappa shape index (κ3) is 2.90. The molecule has 1 N–H and O–H groups in total. The molecule has 1 unspecified atom stereocenters. The fourth-order valence-electron chi connectivity index (χ4n) is 2.36. The fraction of sp³-hybridized carbons (Fsp3) is 0.615. The Kier molecular flexibility index (Phi) is 4.24. The lowest BCUT2D eigenvalue weighted by Crippen LogP contribution is -2.33. The van der Waals surface area contributed by atoms with Crippen LogP contribution in [0, 0.1) is 0 Å². The number of halogens is 1. The van der Waals surface area contributed by atoms with Crippen molar-refractivity contribution < 1.29 is 5.11 Å². The van der Waals surface area contributed by atoms with Crippen molar-refractivity contribution in [2.24, 2.45) is 0 Å². The topological polar surface area (TPSA) is 36.4 Å². The van der Waals surface area contributed by atoms with E-state index in [0.29, 0.717) is 16.8 Å². The molecule has 3 nitrogen and oxygen atoms in total. The summed E-state index contributed by atoms with van der Waals surface area (Å²) >= 11 is 5.96. The second-order valence-electron chi connectivity index (χ2n) is 4.65. The summed E-state index contributed by atoms with van der Waals surface area (Å²) in [7, 11) is 0. The molecule has 2 heterocycles. The van der Waals surface area contributed by atoms with E-state index in [1.165, 1.54) is 25.7 Å². The van der Waals surface area contributed by atoms with Crippen LogP contribution in [-0.4, -0.2) is 22.7 Å². The van der Waals surface area contributed by atoms with Crippen molar-refractivity contribution in [1.29, 1.82) is 0 Å². The van der Waals surface area contributed by atoms with Crippen LogP contribution in [0.4, 0.5) is 5.82 Å². The minimum atomic E-state index is -0.102. The highest BCUT2D eigenvalue weighted by Gasteiger charge is 2.18. The SMILES string of the molecule is CC1CCCCCN1c1ccc(Cl)c(CO)n1. The first-order valence-corrected chi connectivity index (χ1v) is 6.63. The first kappa shape index (κ1) is 12.7.